The molecule has 3 heteroatoms. The van der Waals surface area contributed by atoms with Crippen LogP contribution in [0.4, 0.5) is 0 Å². The van der Waals surface area contributed by atoms with Crippen LogP contribution >= 0.6 is 0 Å². The Morgan fingerprint density at radius 1 is 1.05 bits per heavy atom. The van der Waals surface area contributed by atoms with Crippen LogP contribution in [0.15, 0.2) is 53.6 Å². The SMILES string of the molecule is O=C(O)CC1=C(Cc2ccc3ccccc3c2)C(=O)CCC1. The third-order valence-corrected chi connectivity index (χ3v) is 4.21. The van der Waals surface area contributed by atoms with Crippen LogP contribution in [0.1, 0.15) is 31.2 Å². The quantitative estimate of drug-likeness (QED) is 0.930. The van der Waals surface area contributed by atoms with Crippen molar-refractivity contribution in [2.24, 2.45) is 0 Å². The van der Waals surface area contributed by atoms with Gasteiger partial charge in [-0.05, 0) is 34.8 Å². The molecular formula is C19H18O3. The highest BCUT2D eigenvalue weighted by molar-refractivity contribution is 5.98. The number of carboxylic acid groups (broad SMARTS) is 1. The van der Waals surface area contributed by atoms with Crippen molar-refractivity contribution in [1.82, 2.24) is 0 Å². The van der Waals surface area contributed by atoms with Crippen molar-refractivity contribution < 1.29 is 14.7 Å². The fourth-order valence-corrected chi connectivity index (χ4v) is 3.12. The van der Waals surface area contributed by atoms with Gasteiger partial charge in [0, 0.05) is 12.8 Å². The van der Waals surface area contributed by atoms with E-state index in [-0.39, 0.29) is 12.2 Å². The van der Waals surface area contributed by atoms with Crippen LogP contribution in [0.25, 0.3) is 10.8 Å². The van der Waals surface area contributed by atoms with Crippen LogP contribution in [0.5, 0.6) is 0 Å². The zero-order chi connectivity index (χ0) is 15.5. The van der Waals surface area contributed by atoms with Gasteiger partial charge in [0.05, 0.1) is 6.42 Å². The highest BCUT2D eigenvalue weighted by Gasteiger charge is 2.22. The maximum absolute atomic E-state index is 12.2. The Morgan fingerprint density at radius 3 is 2.59 bits per heavy atom. The topological polar surface area (TPSA) is 54.4 Å². The summed E-state index contributed by atoms with van der Waals surface area (Å²) in [7, 11) is 0. The molecule has 0 saturated carbocycles. The van der Waals surface area contributed by atoms with E-state index in [1.54, 1.807) is 0 Å². The minimum atomic E-state index is -0.860. The number of rotatable bonds is 4. The number of Topliss-reactive ketones (excluding diaryl/α,β-unsaturated/α-hetero) is 1. The van der Waals surface area contributed by atoms with Crippen molar-refractivity contribution in [3.8, 4) is 0 Å². The van der Waals surface area contributed by atoms with Gasteiger partial charge in [0.2, 0.25) is 0 Å². The van der Waals surface area contributed by atoms with Gasteiger partial charge in [0.25, 0.3) is 0 Å². The maximum Gasteiger partial charge on any atom is 0.307 e. The first-order chi connectivity index (χ1) is 10.6. The third-order valence-electron chi connectivity index (χ3n) is 4.21. The van der Waals surface area contributed by atoms with E-state index in [9.17, 15) is 9.59 Å². The largest absolute Gasteiger partial charge is 0.481 e. The van der Waals surface area contributed by atoms with E-state index >= 15 is 0 Å². The Balaban J connectivity index is 1.94. The van der Waals surface area contributed by atoms with Crippen molar-refractivity contribution in [1.29, 1.82) is 0 Å². The molecule has 0 unspecified atom stereocenters. The molecule has 0 aromatic heterocycles. The minimum Gasteiger partial charge on any atom is -0.481 e. The van der Waals surface area contributed by atoms with E-state index < -0.39 is 5.97 Å². The normalized spacial score (nSPS) is 15.4. The summed E-state index contributed by atoms with van der Waals surface area (Å²) in [5.41, 5.74) is 2.58. The van der Waals surface area contributed by atoms with Crippen molar-refractivity contribution in [2.75, 3.05) is 0 Å². The number of allylic oxidation sites excluding steroid dienone is 1. The molecule has 0 saturated heterocycles. The smallest absolute Gasteiger partial charge is 0.307 e. The maximum atomic E-state index is 12.2. The first-order valence-corrected chi connectivity index (χ1v) is 7.57. The summed E-state index contributed by atoms with van der Waals surface area (Å²) < 4.78 is 0. The molecule has 0 spiro atoms. The van der Waals surface area contributed by atoms with Gasteiger partial charge < -0.3 is 5.11 Å². The van der Waals surface area contributed by atoms with Crippen LogP contribution in [0.2, 0.25) is 0 Å². The van der Waals surface area contributed by atoms with Crippen LogP contribution in [0, 0.1) is 0 Å². The fourth-order valence-electron chi connectivity index (χ4n) is 3.12. The second-order valence-corrected chi connectivity index (χ2v) is 5.79. The zero-order valence-electron chi connectivity index (χ0n) is 12.3. The number of benzene rings is 2. The lowest BCUT2D eigenvalue weighted by atomic mass is 9.85. The first kappa shape index (κ1) is 14.5. The lowest BCUT2D eigenvalue weighted by Crippen LogP contribution is -2.15. The molecule has 3 rings (SSSR count). The molecule has 3 nitrogen and oxygen atoms in total. The van der Waals surface area contributed by atoms with Gasteiger partial charge in [-0.1, -0.05) is 48.0 Å². The van der Waals surface area contributed by atoms with E-state index in [1.807, 2.05) is 24.3 Å². The summed E-state index contributed by atoms with van der Waals surface area (Å²) in [6.45, 7) is 0. The molecule has 0 amide bonds. The molecule has 0 bridgehead atoms. The second kappa shape index (κ2) is 6.14. The summed E-state index contributed by atoms with van der Waals surface area (Å²) in [6.07, 6.45) is 2.54. The molecule has 0 aliphatic heterocycles. The van der Waals surface area contributed by atoms with Crippen LogP contribution < -0.4 is 0 Å². The van der Waals surface area contributed by atoms with Gasteiger partial charge in [0.15, 0.2) is 5.78 Å². The number of carboxylic acids is 1. The Labute approximate surface area is 129 Å². The molecule has 1 N–H and O–H groups in total. The molecule has 2 aromatic carbocycles. The van der Waals surface area contributed by atoms with E-state index in [0.717, 1.165) is 29.4 Å². The summed E-state index contributed by atoms with van der Waals surface area (Å²) in [5.74, 6) is -0.753. The van der Waals surface area contributed by atoms with Gasteiger partial charge in [-0.3, -0.25) is 9.59 Å². The van der Waals surface area contributed by atoms with Gasteiger partial charge in [-0.25, -0.2) is 0 Å². The summed E-state index contributed by atoms with van der Waals surface area (Å²) in [5, 5.41) is 11.3. The number of ketones is 1. The van der Waals surface area contributed by atoms with Crippen molar-refractivity contribution in [3.63, 3.8) is 0 Å². The molecule has 2 aromatic rings. The summed E-state index contributed by atoms with van der Waals surface area (Å²) >= 11 is 0. The number of aliphatic carboxylic acids is 1. The molecule has 0 atom stereocenters. The van der Waals surface area contributed by atoms with E-state index in [2.05, 4.69) is 18.2 Å². The van der Waals surface area contributed by atoms with Gasteiger partial charge in [-0.15, -0.1) is 0 Å². The van der Waals surface area contributed by atoms with Gasteiger partial charge in [-0.2, -0.15) is 0 Å². The Bertz CT molecular complexity index is 771. The molecule has 0 heterocycles. The predicted molar refractivity (Wildman–Crippen MR) is 85.8 cm³/mol. The van der Waals surface area contributed by atoms with E-state index in [1.165, 1.54) is 5.39 Å². The molecule has 22 heavy (non-hydrogen) atoms. The molecule has 112 valence electrons. The lowest BCUT2D eigenvalue weighted by molar-refractivity contribution is -0.136. The highest BCUT2D eigenvalue weighted by atomic mass is 16.4. The van der Waals surface area contributed by atoms with Crippen molar-refractivity contribution in [2.45, 2.75) is 32.1 Å². The summed E-state index contributed by atoms with van der Waals surface area (Å²) in [6, 6.07) is 14.3. The van der Waals surface area contributed by atoms with Gasteiger partial charge in [0.1, 0.15) is 0 Å². The van der Waals surface area contributed by atoms with Crippen LogP contribution in [-0.4, -0.2) is 16.9 Å². The Hall–Kier alpha value is -2.42. The molecule has 0 fully saturated rings. The number of hydrogen-bond donors (Lipinski definition) is 1. The number of fused-ring (bicyclic) bond motifs is 1. The predicted octanol–water partition coefficient (Wildman–Crippen LogP) is 3.91. The molecule has 1 aliphatic carbocycles. The summed E-state index contributed by atoms with van der Waals surface area (Å²) in [4.78, 5) is 23.2. The Morgan fingerprint density at radius 2 is 1.82 bits per heavy atom. The fraction of sp³-hybridized carbons (Fsp3) is 0.263. The third kappa shape index (κ3) is 3.08. The molecule has 0 radical (unpaired) electrons. The number of carbonyl (C=O) groups excluding carboxylic acids is 1. The monoisotopic (exact) mass is 294 g/mol. The van der Waals surface area contributed by atoms with Crippen molar-refractivity contribution >= 4 is 22.5 Å². The van der Waals surface area contributed by atoms with Crippen LogP contribution in [0.3, 0.4) is 0 Å². The average molecular weight is 294 g/mol. The van der Waals surface area contributed by atoms with Gasteiger partial charge >= 0.3 is 5.97 Å². The van der Waals surface area contributed by atoms with Crippen molar-refractivity contribution in [3.05, 3.63) is 59.2 Å². The first-order valence-electron chi connectivity index (χ1n) is 7.57. The number of carbonyl (C=O) groups is 2. The Kier molecular flexibility index (Phi) is 4.05. The van der Waals surface area contributed by atoms with Crippen LogP contribution in [-0.2, 0) is 16.0 Å². The standard InChI is InChI=1S/C19H18O3/c20-18-7-3-6-16(12-19(21)22)17(18)11-13-8-9-14-4-1-2-5-15(14)10-13/h1-2,4-5,8-10H,3,6-7,11-12H2,(H,21,22). The minimum absolute atomic E-state index is 0.0192. The molecular weight excluding hydrogens is 276 g/mol. The second-order valence-electron chi connectivity index (χ2n) is 5.79. The average Bonchev–Trinajstić information content (AvgIpc) is 2.50. The zero-order valence-corrected chi connectivity index (χ0v) is 12.3. The highest BCUT2D eigenvalue weighted by Crippen LogP contribution is 2.28. The lowest BCUT2D eigenvalue weighted by Gasteiger charge is -2.18. The molecule has 1 aliphatic rings. The number of hydrogen-bond acceptors (Lipinski definition) is 2. The van der Waals surface area contributed by atoms with E-state index in [0.29, 0.717) is 18.4 Å². The van der Waals surface area contributed by atoms with E-state index in [4.69, 9.17) is 5.11 Å².